The summed E-state index contributed by atoms with van der Waals surface area (Å²) in [5.41, 5.74) is 7.14. The van der Waals surface area contributed by atoms with Gasteiger partial charge in [0.2, 0.25) is 5.91 Å². The van der Waals surface area contributed by atoms with Gasteiger partial charge >= 0.3 is 0 Å². The van der Waals surface area contributed by atoms with E-state index in [2.05, 4.69) is 11.4 Å². The number of hydrogen-bond donors (Lipinski definition) is 2. The highest BCUT2D eigenvalue weighted by Gasteiger charge is 2.32. The summed E-state index contributed by atoms with van der Waals surface area (Å²) < 4.78 is 5.62. The predicted octanol–water partition coefficient (Wildman–Crippen LogP) is 3.47. The third kappa shape index (κ3) is 5.99. The average molecular weight is 355 g/mol. The highest BCUT2D eigenvalue weighted by Crippen LogP contribution is 2.38. The number of amides is 1. The summed E-state index contributed by atoms with van der Waals surface area (Å²) in [7, 11) is 0. The fourth-order valence-electron chi connectivity index (χ4n) is 3.50. The van der Waals surface area contributed by atoms with Gasteiger partial charge in [-0.15, -0.1) is 12.4 Å². The van der Waals surface area contributed by atoms with Gasteiger partial charge in [0.25, 0.3) is 0 Å². The van der Waals surface area contributed by atoms with Gasteiger partial charge in [0.15, 0.2) is 0 Å². The van der Waals surface area contributed by atoms with Gasteiger partial charge in [0.05, 0.1) is 6.61 Å². The van der Waals surface area contributed by atoms with Crippen molar-refractivity contribution in [3.05, 3.63) is 29.8 Å². The lowest BCUT2D eigenvalue weighted by Crippen LogP contribution is -2.39. The first kappa shape index (κ1) is 20.8. The first-order chi connectivity index (χ1) is 11.2. The first-order valence-electron chi connectivity index (χ1n) is 8.86. The van der Waals surface area contributed by atoms with Crippen molar-refractivity contribution in [2.24, 2.45) is 11.1 Å². The van der Waals surface area contributed by atoms with Crippen molar-refractivity contribution in [3.8, 4) is 5.75 Å². The van der Waals surface area contributed by atoms with Crippen molar-refractivity contribution in [1.82, 2.24) is 5.32 Å². The molecule has 0 bridgehead atoms. The molecule has 1 amide bonds. The van der Waals surface area contributed by atoms with Crippen LogP contribution in [0.25, 0.3) is 0 Å². The molecule has 0 unspecified atom stereocenters. The molecule has 1 aromatic carbocycles. The van der Waals surface area contributed by atoms with Crippen molar-refractivity contribution in [3.63, 3.8) is 0 Å². The molecule has 0 aliphatic heterocycles. The van der Waals surface area contributed by atoms with Crippen LogP contribution < -0.4 is 15.8 Å². The van der Waals surface area contributed by atoms with E-state index >= 15 is 0 Å². The maximum absolute atomic E-state index is 12.3. The Labute approximate surface area is 151 Å². The Hall–Kier alpha value is -1.26. The number of benzene rings is 1. The Morgan fingerprint density at radius 3 is 2.62 bits per heavy atom. The molecule has 136 valence electrons. The zero-order valence-corrected chi connectivity index (χ0v) is 15.5. The minimum atomic E-state index is 0. The van der Waals surface area contributed by atoms with E-state index in [-0.39, 0.29) is 23.7 Å². The molecule has 1 aliphatic carbocycles. The third-order valence-electron chi connectivity index (χ3n) is 4.87. The number of ether oxygens (including phenoxy) is 1. The molecule has 5 heteroatoms. The Morgan fingerprint density at radius 1 is 1.25 bits per heavy atom. The zero-order valence-electron chi connectivity index (χ0n) is 14.7. The van der Waals surface area contributed by atoms with Gasteiger partial charge in [0, 0.05) is 13.0 Å². The number of nitrogens with one attached hydrogen (secondary N) is 1. The molecular formula is C19H31ClN2O2. The van der Waals surface area contributed by atoms with Crippen LogP contribution in [0.2, 0.25) is 0 Å². The molecule has 0 atom stereocenters. The van der Waals surface area contributed by atoms with Crippen molar-refractivity contribution in [2.45, 2.75) is 51.9 Å². The number of para-hydroxylation sites is 1. The Morgan fingerprint density at radius 2 is 1.96 bits per heavy atom. The topological polar surface area (TPSA) is 64.3 Å². The van der Waals surface area contributed by atoms with E-state index in [9.17, 15) is 4.79 Å². The molecule has 0 radical (unpaired) electrons. The lowest BCUT2D eigenvalue weighted by Gasteiger charge is -2.35. The van der Waals surface area contributed by atoms with E-state index in [1.165, 1.54) is 19.3 Å². The van der Waals surface area contributed by atoms with E-state index in [1.807, 2.05) is 25.1 Å². The van der Waals surface area contributed by atoms with Crippen molar-refractivity contribution in [1.29, 1.82) is 0 Å². The van der Waals surface area contributed by atoms with Gasteiger partial charge in [-0.2, -0.15) is 0 Å². The van der Waals surface area contributed by atoms with Crippen molar-refractivity contribution >= 4 is 18.3 Å². The molecule has 0 spiro atoms. The smallest absolute Gasteiger partial charge is 0.220 e. The number of carbonyl (C=O) groups is 1. The molecule has 1 saturated carbocycles. The Kier molecular flexibility index (Phi) is 9.16. The molecule has 24 heavy (non-hydrogen) atoms. The molecule has 1 aliphatic rings. The van der Waals surface area contributed by atoms with Gasteiger partial charge in [-0.1, -0.05) is 37.5 Å². The molecule has 4 nitrogen and oxygen atoms in total. The minimum absolute atomic E-state index is 0. The molecule has 0 saturated heterocycles. The molecule has 1 aromatic rings. The summed E-state index contributed by atoms with van der Waals surface area (Å²) in [5.74, 6) is 1.04. The van der Waals surface area contributed by atoms with Gasteiger partial charge < -0.3 is 15.8 Å². The van der Waals surface area contributed by atoms with Crippen LogP contribution in [-0.4, -0.2) is 25.6 Å². The molecule has 0 aromatic heterocycles. The number of nitrogens with two attached hydrogens (primary N) is 1. The lowest BCUT2D eigenvalue weighted by molar-refractivity contribution is -0.123. The predicted molar refractivity (Wildman–Crippen MR) is 101 cm³/mol. The number of carbonyl (C=O) groups excluding carboxylic acids is 1. The fourth-order valence-corrected chi connectivity index (χ4v) is 3.50. The van der Waals surface area contributed by atoms with Crippen LogP contribution in [-0.2, 0) is 11.2 Å². The lowest BCUT2D eigenvalue weighted by atomic mass is 9.71. The molecule has 3 N–H and O–H groups in total. The average Bonchev–Trinajstić information content (AvgIpc) is 2.57. The fraction of sp³-hybridized carbons (Fsp3) is 0.632. The second-order valence-electron chi connectivity index (χ2n) is 6.58. The van der Waals surface area contributed by atoms with Crippen molar-refractivity contribution < 1.29 is 9.53 Å². The van der Waals surface area contributed by atoms with Crippen LogP contribution in [0.3, 0.4) is 0 Å². The van der Waals surface area contributed by atoms with Crippen LogP contribution in [0.5, 0.6) is 5.75 Å². The second-order valence-corrected chi connectivity index (χ2v) is 6.58. The van der Waals surface area contributed by atoms with Gasteiger partial charge in [-0.3, -0.25) is 4.79 Å². The second kappa shape index (κ2) is 10.6. The number of halogens is 1. The molecule has 1 fully saturated rings. The maximum atomic E-state index is 12.3. The number of rotatable bonds is 8. The van der Waals surface area contributed by atoms with E-state index in [1.54, 1.807) is 0 Å². The summed E-state index contributed by atoms with van der Waals surface area (Å²) in [6.45, 7) is 3.90. The quantitative estimate of drug-likeness (QED) is 0.751. The Bertz CT molecular complexity index is 502. The number of hydrogen-bond acceptors (Lipinski definition) is 3. The Balaban J connectivity index is 0.00000288. The monoisotopic (exact) mass is 354 g/mol. The van der Waals surface area contributed by atoms with Crippen LogP contribution in [0.4, 0.5) is 0 Å². The van der Waals surface area contributed by atoms with Gasteiger partial charge in [0.1, 0.15) is 5.75 Å². The van der Waals surface area contributed by atoms with Crippen LogP contribution in [0.1, 0.15) is 51.0 Å². The summed E-state index contributed by atoms with van der Waals surface area (Å²) in [5, 5.41) is 3.06. The van der Waals surface area contributed by atoms with E-state index in [0.717, 1.165) is 30.6 Å². The van der Waals surface area contributed by atoms with Gasteiger partial charge in [-0.05, 0) is 49.8 Å². The highest BCUT2D eigenvalue weighted by atomic mass is 35.5. The molecular weight excluding hydrogens is 324 g/mol. The van der Waals surface area contributed by atoms with E-state index < -0.39 is 0 Å². The highest BCUT2D eigenvalue weighted by molar-refractivity contribution is 5.85. The standard InChI is InChI=1S/C19H30N2O2.ClH/c1-2-23-17-9-5-4-8-16(17)10-13-21-18(22)14-19(15-20)11-6-3-7-12-19;/h4-5,8-9H,2-3,6-7,10-15,20H2,1H3,(H,21,22);1H. The van der Waals surface area contributed by atoms with Crippen LogP contribution in [0.15, 0.2) is 24.3 Å². The van der Waals surface area contributed by atoms with Crippen molar-refractivity contribution in [2.75, 3.05) is 19.7 Å². The van der Waals surface area contributed by atoms with E-state index in [4.69, 9.17) is 10.5 Å². The third-order valence-corrected chi connectivity index (χ3v) is 4.87. The zero-order chi connectivity index (χ0) is 16.5. The first-order valence-corrected chi connectivity index (χ1v) is 8.86. The van der Waals surface area contributed by atoms with Gasteiger partial charge in [-0.25, -0.2) is 0 Å². The summed E-state index contributed by atoms with van der Waals surface area (Å²) in [6.07, 6.45) is 7.21. The SMILES string of the molecule is CCOc1ccccc1CCNC(=O)CC1(CN)CCCCC1.Cl. The largest absolute Gasteiger partial charge is 0.494 e. The molecule has 0 heterocycles. The normalized spacial score (nSPS) is 16.1. The minimum Gasteiger partial charge on any atom is -0.494 e. The van der Waals surface area contributed by atoms with Crippen LogP contribution >= 0.6 is 12.4 Å². The summed E-state index contributed by atoms with van der Waals surface area (Å²) in [4.78, 5) is 12.3. The maximum Gasteiger partial charge on any atom is 0.220 e. The van der Waals surface area contributed by atoms with E-state index in [0.29, 0.717) is 26.1 Å². The summed E-state index contributed by atoms with van der Waals surface area (Å²) in [6, 6.07) is 8.01. The molecule has 2 rings (SSSR count). The summed E-state index contributed by atoms with van der Waals surface area (Å²) >= 11 is 0. The van der Waals surface area contributed by atoms with Crippen LogP contribution in [0, 0.1) is 5.41 Å².